The van der Waals surface area contributed by atoms with E-state index >= 15 is 0 Å². The molecule has 2 heterocycles. The van der Waals surface area contributed by atoms with Gasteiger partial charge in [-0.25, -0.2) is 4.99 Å². The highest BCUT2D eigenvalue weighted by molar-refractivity contribution is 6.14. The van der Waals surface area contributed by atoms with Gasteiger partial charge in [0.05, 0.1) is 7.11 Å². The first-order valence-electron chi connectivity index (χ1n) is 6.64. The highest BCUT2D eigenvalue weighted by Crippen LogP contribution is 2.33. The predicted molar refractivity (Wildman–Crippen MR) is 77.4 cm³/mol. The number of amidine groups is 1. The number of nitrogens with zero attached hydrogens (tertiary/aromatic N) is 2. The number of aliphatic imine (C=N–C) groups is 1. The van der Waals surface area contributed by atoms with E-state index in [1.807, 2.05) is 6.07 Å². The van der Waals surface area contributed by atoms with Crippen molar-refractivity contribution in [1.29, 1.82) is 0 Å². The molecule has 2 aliphatic heterocycles. The van der Waals surface area contributed by atoms with E-state index in [0.717, 1.165) is 5.56 Å². The molecule has 1 aromatic carbocycles. The maximum absolute atomic E-state index is 12.3. The lowest BCUT2D eigenvalue weighted by Crippen LogP contribution is -2.35. The second-order valence-corrected chi connectivity index (χ2v) is 4.77. The molecule has 114 valence electrons. The summed E-state index contributed by atoms with van der Waals surface area (Å²) in [6.45, 7) is 1.71. The van der Waals surface area contributed by atoms with Gasteiger partial charge in [0.1, 0.15) is 18.1 Å². The van der Waals surface area contributed by atoms with Gasteiger partial charge in [0.25, 0.3) is 5.91 Å². The van der Waals surface area contributed by atoms with Crippen LogP contribution >= 0.6 is 0 Å². The van der Waals surface area contributed by atoms with Crippen molar-refractivity contribution >= 4 is 23.8 Å². The molecule has 0 bridgehead atoms. The fourth-order valence-electron chi connectivity index (χ4n) is 2.20. The Hall–Kier alpha value is -2.83. The zero-order valence-electron chi connectivity index (χ0n) is 12.2. The summed E-state index contributed by atoms with van der Waals surface area (Å²) in [5.41, 5.74) is 1.03. The topological polar surface area (TPSA) is 77.4 Å². The van der Waals surface area contributed by atoms with Crippen LogP contribution in [-0.2, 0) is 14.3 Å². The molecule has 0 radical (unpaired) electrons. The number of methoxy groups -OCH3 is 1. The number of carbonyl (C=O) groups is 2. The summed E-state index contributed by atoms with van der Waals surface area (Å²) in [6.07, 6.45) is 1.64. The Balaban J connectivity index is 1.83. The van der Waals surface area contributed by atoms with Crippen LogP contribution in [0.25, 0.3) is 6.08 Å². The largest absolute Gasteiger partial charge is 0.468 e. The predicted octanol–water partition coefficient (Wildman–Crippen LogP) is 1.19. The molecule has 0 fully saturated rings. The van der Waals surface area contributed by atoms with Gasteiger partial charge >= 0.3 is 5.97 Å². The fraction of sp³-hybridized carbons (Fsp3) is 0.267. The third kappa shape index (κ3) is 2.52. The van der Waals surface area contributed by atoms with Crippen LogP contribution in [0.3, 0.4) is 0 Å². The SMILES string of the molecule is COC(=O)CN1C(=O)/C(=C\c2ccc3c(c2)OCO3)N=C1C. The zero-order valence-corrected chi connectivity index (χ0v) is 12.2. The minimum atomic E-state index is -0.493. The van der Waals surface area contributed by atoms with Crippen molar-refractivity contribution in [3.8, 4) is 11.5 Å². The van der Waals surface area contributed by atoms with Gasteiger partial charge in [0.2, 0.25) is 6.79 Å². The smallest absolute Gasteiger partial charge is 0.325 e. The maximum Gasteiger partial charge on any atom is 0.325 e. The molecule has 0 saturated carbocycles. The molecule has 0 aromatic heterocycles. The molecule has 1 amide bonds. The van der Waals surface area contributed by atoms with Gasteiger partial charge in [-0.05, 0) is 30.7 Å². The summed E-state index contributed by atoms with van der Waals surface area (Å²) in [7, 11) is 1.28. The number of esters is 1. The van der Waals surface area contributed by atoms with Crippen LogP contribution in [0.15, 0.2) is 28.9 Å². The summed E-state index contributed by atoms with van der Waals surface area (Å²) < 4.78 is 15.1. The molecule has 0 aliphatic carbocycles. The van der Waals surface area contributed by atoms with E-state index in [1.54, 1.807) is 25.1 Å². The second-order valence-electron chi connectivity index (χ2n) is 4.77. The molecule has 7 nitrogen and oxygen atoms in total. The third-order valence-electron chi connectivity index (χ3n) is 3.35. The molecule has 7 heteroatoms. The summed E-state index contributed by atoms with van der Waals surface area (Å²) in [5.74, 6) is 0.939. The van der Waals surface area contributed by atoms with E-state index in [2.05, 4.69) is 9.73 Å². The lowest BCUT2D eigenvalue weighted by atomic mass is 10.1. The van der Waals surface area contributed by atoms with Gasteiger partial charge in [-0.3, -0.25) is 14.5 Å². The number of amides is 1. The number of ether oxygens (including phenoxy) is 3. The van der Waals surface area contributed by atoms with E-state index in [9.17, 15) is 9.59 Å². The normalized spacial score (nSPS) is 17.9. The number of carbonyl (C=O) groups excluding carboxylic acids is 2. The second kappa shape index (κ2) is 5.51. The molecule has 1 aromatic rings. The van der Waals surface area contributed by atoms with Crippen molar-refractivity contribution in [3.63, 3.8) is 0 Å². The summed E-state index contributed by atoms with van der Waals surface area (Å²) in [5, 5.41) is 0. The first kappa shape index (κ1) is 14.1. The van der Waals surface area contributed by atoms with Crippen molar-refractivity contribution in [1.82, 2.24) is 4.90 Å². The molecule has 0 atom stereocenters. The number of hydrogen-bond acceptors (Lipinski definition) is 6. The third-order valence-corrected chi connectivity index (χ3v) is 3.35. The van der Waals surface area contributed by atoms with Crippen LogP contribution in [0.4, 0.5) is 0 Å². The quantitative estimate of drug-likeness (QED) is 0.619. The molecular weight excluding hydrogens is 288 g/mol. The number of benzene rings is 1. The first-order valence-corrected chi connectivity index (χ1v) is 6.64. The lowest BCUT2D eigenvalue weighted by Gasteiger charge is -2.13. The molecule has 0 N–H and O–H groups in total. The lowest BCUT2D eigenvalue weighted by molar-refractivity contribution is -0.143. The summed E-state index contributed by atoms with van der Waals surface area (Å²) in [6, 6.07) is 5.36. The fourth-order valence-corrected chi connectivity index (χ4v) is 2.20. The van der Waals surface area contributed by atoms with Crippen LogP contribution in [0.5, 0.6) is 11.5 Å². The van der Waals surface area contributed by atoms with Crippen molar-refractivity contribution in [2.45, 2.75) is 6.92 Å². The molecule has 22 heavy (non-hydrogen) atoms. The zero-order chi connectivity index (χ0) is 15.7. The molecule has 2 aliphatic rings. The number of hydrogen-bond donors (Lipinski definition) is 0. The van der Waals surface area contributed by atoms with Gasteiger partial charge in [-0.2, -0.15) is 0 Å². The highest BCUT2D eigenvalue weighted by atomic mass is 16.7. The van der Waals surface area contributed by atoms with Crippen LogP contribution in [0.1, 0.15) is 12.5 Å². The van der Waals surface area contributed by atoms with Gasteiger partial charge in [0, 0.05) is 0 Å². The van der Waals surface area contributed by atoms with Gasteiger partial charge in [-0.1, -0.05) is 6.07 Å². The van der Waals surface area contributed by atoms with E-state index in [1.165, 1.54) is 12.0 Å². The molecule has 0 spiro atoms. The Kier molecular flexibility index (Phi) is 3.54. The minimum absolute atomic E-state index is 0.150. The highest BCUT2D eigenvalue weighted by Gasteiger charge is 2.29. The standard InChI is InChI=1S/C15H14N2O5/c1-9-16-11(15(19)17(9)7-14(18)20-2)5-10-3-4-12-13(6-10)22-8-21-12/h3-6H,7-8H2,1-2H3/b11-5+. The molecule has 0 saturated heterocycles. The van der Waals surface area contributed by atoms with E-state index in [-0.39, 0.29) is 24.9 Å². The van der Waals surface area contributed by atoms with Crippen molar-refractivity contribution in [2.75, 3.05) is 20.4 Å². The van der Waals surface area contributed by atoms with E-state index < -0.39 is 5.97 Å². The Morgan fingerprint density at radius 3 is 2.95 bits per heavy atom. The van der Waals surface area contributed by atoms with Gasteiger partial charge in [-0.15, -0.1) is 0 Å². The average Bonchev–Trinajstić information content (AvgIpc) is 3.07. The summed E-state index contributed by atoms with van der Waals surface area (Å²) in [4.78, 5) is 29.1. The maximum atomic E-state index is 12.3. The van der Waals surface area contributed by atoms with Gasteiger partial charge in [0.15, 0.2) is 11.5 Å². The summed E-state index contributed by atoms with van der Waals surface area (Å²) >= 11 is 0. The molecule has 0 unspecified atom stereocenters. The van der Waals surface area contributed by atoms with Crippen molar-refractivity contribution < 1.29 is 23.8 Å². The minimum Gasteiger partial charge on any atom is -0.468 e. The average molecular weight is 302 g/mol. The van der Waals surface area contributed by atoms with Crippen molar-refractivity contribution in [3.05, 3.63) is 29.5 Å². The Morgan fingerprint density at radius 1 is 1.41 bits per heavy atom. The Labute approximate surface area is 126 Å². The van der Waals surface area contributed by atoms with E-state index in [4.69, 9.17) is 9.47 Å². The van der Waals surface area contributed by atoms with Crippen LogP contribution in [0, 0.1) is 0 Å². The monoisotopic (exact) mass is 302 g/mol. The van der Waals surface area contributed by atoms with E-state index in [0.29, 0.717) is 17.3 Å². The van der Waals surface area contributed by atoms with Crippen molar-refractivity contribution in [2.24, 2.45) is 4.99 Å². The van der Waals surface area contributed by atoms with Crippen LogP contribution < -0.4 is 9.47 Å². The van der Waals surface area contributed by atoms with Gasteiger partial charge < -0.3 is 14.2 Å². The molecule has 3 rings (SSSR count). The van der Waals surface area contributed by atoms with Crippen LogP contribution in [-0.4, -0.2) is 43.1 Å². The number of rotatable bonds is 3. The van der Waals surface area contributed by atoms with Crippen LogP contribution in [0.2, 0.25) is 0 Å². The Bertz CT molecular complexity index is 708. The first-order chi connectivity index (χ1) is 10.6. The molecular formula is C15H14N2O5. The Morgan fingerprint density at radius 2 is 2.18 bits per heavy atom. The number of fused-ring (bicyclic) bond motifs is 1.